The van der Waals surface area contributed by atoms with Gasteiger partial charge in [0.1, 0.15) is 0 Å². The third kappa shape index (κ3) is 4.50. The minimum absolute atomic E-state index is 0.436. The highest BCUT2D eigenvalue weighted by Crippen LogP contribution is 2.43. The van der Waals surface area contributed by atoms with Crippen LogP contribution in [0.15, 0.2) is 58.0 Å². The predicted molar refractivity (Wildman–Crippen MR) is 107 cm³/mol. The lowest BCUT2D eigenvalue weighted by Crippen LogP contribution is -2.24. The van der Waals surface area contributed by atoms with E-state index in [-0.39, 0.29) is 0 Å². The van der Waals surface area contributed by atoms with Crippen LogP contribution in [0.25, 0.3) is 5.03 Å². The lowest BCUT2D eigenvalue weighted by molar-refractivity contribution is 0.252. The van der Waals surface area contributed by atoms with Gasteiger partial charge >= 0.3 is 6.03 Å². The summed E-state index contributed by atoms with van der Waals surface area (Å²) in [5.41, 5.74) is 4.63. The minimum atomic E-state index is -0.436. The molecule has 2 amide bonds. The fraction of sp³-hybridized carbons (Fsp3) is 0.0588. The number of urea groups is 1. The van der Waals surface area contributed by atoms with E-state index < -0.39 is 6.03 Å². The number of anilines is 1. The molecule has 1 aliphatic heterocycles. The molecule has 0 fully saturated rings. The van der Waals surface area contributed by atoms with E-state index >= 15 is 0 Å². The molecule has 0 aliphatic carbocycles. The van der Waals surface area contributed by atoms with Crippen molar-refractivity contribution in [3.63, 3.8) is 0 Å². The van der Waals surface area contributed by atoms with Crippen LogP contribution in [0.3, 0.4) is 0 Å². The van der Waals surface area contributed by atoms with Crippen molar-refractivity contribution < 1.29 is 4.79 Å². The number of halogens is 3. The molecule has 0 atom stereocenters. The molecule has 0 bridgehead atoms. The molecule has 0 saturated carbocycles. The van der Waals surface area contributed by atoms with Gasteiger partial charge in [-0.25, -0.2) is 10.2 Å². The van der Waals surface area contributed by atoms with E-state index in [2.05, 4.69) is 15.8 Å². The van der Waals surface area contributed by atoms with Crippen molar-refractivity contribution in [1.82, 2.24) is 5.43 Å². The Morgan fingerprint density at radius 3 is 2.68 bits per heavy atom. The number of thioether (sulfide) groups is 1. The van der Waals surface area contributed by atoms with Gasteiger partial charge in [0.05, 0.1) is 16.3 Å². The number of nitrogens with one attached hydrogen (secondary N) is 2. The van der Waals surface area contributed by atoms with Crippen molar-refractivity contribution in [3.8, 4) is 0 Å². The van der Waals surface area contributed by atoms with Gasteiger partial charge in [0, 0.05) is 32.5 Å². The SMILES string of the molecule is O=C(N/N=C/C1=C(Cl)c2cc(Cl)cc(Cl)c2SC1)Nc1ccccc1. The maximum Gasteiger partial charge on any atom is 0.339 e. The quantitative estimate of drug-likeness (QED) is 0.490. The van der Waals surface area contributed by atoms with E-state index in [1.165, 1.54) is 6.21 Å². The average molecular weight is 413 g/mol. The first kappa shape index (κ1) is 18.1. The van der Waals surface area contributed by atoms with E-state index in [0.29, 0.717) is 26.5 Å². The monoisotopic (exact) mass is 411 g/mol. The summed E-state index contributed by atoms with van der Waals surface area (Å²) in [5, 5.41) is 8.23. The highest BCUT2D eigenvalue weighted by atomic mass is 35.5. The van der Waals surface area contributed by atoms with Gasteiger partial charge in [0.15, 0.2) is 0 Å². The van der Waals surface area contributed by atoms with Gasteiger partial charge in [-0.05, 0) is 24.3 Å². The Balaban J connectivity index is 1.70. The van der Waals surface area contributed by atoms with Crippen molar-refractivity contribution in [1.29, 1.82) is 0 Å². The van der Waals surface area contributed by atoms with E-state index in [4.69, 9.17) is 34.8 Å². The van der Waals surface area contributed by atoms with Crippen molar-refractivity contribution >= 4 is 69.5 Å². The van der Waals surface area contributed by atoms with Gasteiger partial charge in [-0.3, -0.25) is 0 Å². The van der Waals surface area contributed by atoms with Crippen LogP contribution in [0, 0.1) is 0 Å². The van der Waals surface area contributed by atoms with Gasteiger partial charge in [0.2, 0.25) is 0 Å². The maximum absolute atomic E-state index is 11.8. The minimum Gasteiger partial charge on any atom is -0.307 e. The van der Waals surface area contributed by atoms with Gasteiger partial charge in [-0.1, -0.05) is 53.0 Å². The highest BCUT2D eigenvalue weighted by Gasteiger charge is 2.20. The zero-order valence-corrected chi connectivity index (χ0v) is 15.8. The molecule has 2 aromatic carbocycles. The summed E-state index contributed by atoms with van der Waals surface area (Å²) in [4.78, 5) is 12.7. The normalized spacial score (nSPS) is 13.7. The molecule has 2 aromatic rings. The fourth-order valence-electron chi connectivity index (χ4n) is 2.20. The van der Waals surface area contributed by atoms with Crippen LogP contribution in [0.4, 0.5) is 10.5 Å². The number of rotatable bonds is 3. The van der Waals surface area contributed by atoms with E-state index in [9.17, 15) is 4.79 Å². The molecule has 25 heavy (non-hydrogen) atoms. The molecule has 0 radical (unpaired) electrons. The number of hydrogen-bond acceptors (Lipinski definition) is 3. The number of hydrogen-bond donors (Lipinski definition) is 2. The number of benzene rings is 2. The molecule has 128 valence electrons. The van der Waals surface area contributed by atoms with Crippen LogP contribution < -0.4 is 10.7 Å². The van der Waals surface area contributed by atoms with Crippen LogP contribution in [-0.4, -0.2) is 18.0 Å². The number of amides is 2. The Bertz CT molecular complexity index is 869. The number of carbonyl (C=O) groups excluding carboxylic acids is 1. The number of hydrazone groups is 1. The Hall–Kier alpha value is -1.66. The molecular formula is C17H12Cl3N3OS. The van der Waals surface area contributed by atoms with E-state index in [0.717, 1.165) is 16.0 Å². The van der Waals surface area contributed by atoms with Crippen LogP contribution in [-0.2, 0) is 0 Å². The second kappa shape index (κ2) is 8.15. The standard InChI is InChI=1S/C17H12Cl3N3OS/c18-11-6-13-15(20)10(9-25-16(13)14(19)7-11)8-21-23-17(24)22-12-4-2-1-3-5-12/h1-8H,9H2,(H2,22,23,24)/b21-8+. The number of fused-ring (bicyclic) bond motifs is 1. The molecule has 0 unspecified atom stereocenters. The summed E-state index contributed by atoms with van der Waals surface area (Å²) in [6.45, 7) is 0. The summed E-state index contributed by atoms with van der Waals surface area (Å²) in [5.74, 6) is 0.596. The molecule has 1 heterocycles. The van der Waals surface area contributed by atoms with Crippen molar-refractivity contribution in [2.24, 2.45) is 5.10 Å². The molecule has 1 aliphatic rings. The molecule has 8 heteroatoms. The molecule has 0 aromatic heterocycles. The van der Waals surface area contributed by atoms with E-state index in [1.54, 1.807) is 36.0 Å². The molecule has 2 N–H and O–H groups in total. The summed E-state index contributed by atoms with van der Waals surface area (Å²) in [6, 6.07) is 12.1. The first-order valence-corrected chi connectivity index (χ1v) is 9.32. The smallest absolute Gasteiger partial charge is 0.307 e. The third-order valence-corrected chi connectivity index (χ3v) is 5.58. The van der Waals surface area contributed by atoms with Crippen molar-refractivity contribution in [2.75, 3.05) is 11.1 Å². The first-order valence-electron chi connectivity index (χ1n) is 7.20. The Morgan fingerprint density at radius 1 is 1.16 bits per heavy atom. The first-order chi connectivity index (χ1) is 12.0. The number of nitrogens with zero attached hydrogens (tertiary/aromatic N) is 1. The lowest BCUT2D eigenvalue weighted by atomic mass is 10.1. The van der Waals surface area contributed by atoms with Gasteiger partial charge in [-0.15, -0.1) is 11.8 Å². The zero-order chi connectivity index (χ0) is 17.8. The summed E-state index contributed by atoms with van der Waals surface area (Å²) >= 11 is 20.2. The Morgan fingerprint density at radius 2 is 1.92 bits per heavy atom. The van der Waals surface area contributed by atoms with Crippen LogP contribution in [0.2, 0.25) is 10.0 Å². The molecule has 4 nitrogen and oxygen atoms in total. The zero-order valence-electron chi connectivity index (χ0n) is 12.7. The second-order valence-corrected chi connectivity index (χ2v) is 7.29. The van der Waals surface area contributed by atoms with Gasteiger partial charge < -0.3 is 5.32 Å². The van der Waals surface area contributed by atoms with Crippen LogP contribution >= 0.6 is 46.6 Å². The lowest BCUT2D eigenvalue weighted by Gasteiger charge is -2.18. The number of carbonyl (C=O) groups is 1. The fourth-order valence-corrected chi connectivity index (χ4v) is 4.29. The maximum atomic E-state index is 11.8. The average Bonchev–Trinajstić information content (AvgIpc) is 2.58. The second-order valence-electron chi connectivity index (χ2n) is 5.08. The summed E-state index contributed by atoms with van der Waals surface area (Å²) in [7, 11) is 0. The van der Waals surface area contributed by atoms with Crippen molar-refractivity contribution in [3.05, 3.63) is 63.6 Å². The molecular weight excluding hydrogens is 401 g/mol. The Labute approximate surface area is 164 Å². The number of para-hydroxylation sites is 1. The third-order valence-electron chi connectivity index (χ3n) is 3.32. The highest BCUT2D eigenvalue weighted by molar-refractivity contribution is 7.99. The summed E-state index contributed by atoms with van der Waals surface area (Å²) in [6.07, 6.45) is 1.53. The summed E-state index contributed by atoms with van der Waals surface area (Å²) < 4.78 is 0. The largest absolute Gasteiger partial charge is 0.339 e. The molecule has 3 rings (SSSR count). The topological polar surface area (TPSA) is 53.5 Å². The van der Waals surface area contributed by atoms with Crippen molar-refractivity contribution in [2.45, 2.75) is 4.90 Å². The van der Waals surface area contributed by atoms with Crippen LogP contribution in [0.5, 0.6) is 0 Å². The van der Waals surface area contributed by atoms with Gasteiger partial charge in [-0.2, -0.15) is 5.10 Å². The van der Waals surface area contributed by atoms with E-state index in [1.807, 2.05) is 18.2 Å². The Kier molecular flexibility index (Phi) is 5.91. The predicted octanol–water partition coefficient (Wildman–Crippen LogP) is 5.86. The molecule has 0 spiro atoms. The van der Waals surface area contributed by atoms with Gasteiger partial charge in [0.25, 0.3) is 0 Å². The molecule has 0 saturated heterocycles. The van der Waals surface area contributed by atoms with Crippen LogP contribution in [0.1, 0.15) is 5.56 Å².